The third-order valence-electron chi connectivity index (χ3n) is 2.79. The maximum absolute atomic E-state index is 8.94. The van der Waals surface area contributed by atoms with E-state index in [-0.39, 0.29) is 6.61 Å². The van der Waals surface area contributed by atoms with Crippen molar-refractivity contribution in [2.75, 3.05) is 5.32 Å². The summed E-state index contributed by atoms with van der Waals surface area (Å²) in [6.45, 7) is 4.61. The summed E-state index contributed by atoms with van der Waals surface area (Å²) in [5.74, 6) is 0.849. The highest BCUT2D eigenvalue weighted by Gasteiger charge is 2.07. The van der Waals surface area contributed by atoms with Crippen LogP contribution in [0.25, 0.3) is 0 Å². The first kappa shape index (κ1) is 11.7. The van der Waals surface area contributed by atoms with Crippen molar-refractivity contribution in [1.29, 1.82) is 0 Å². The van der Waals surface area contributed by atoms with E-state index in [2.05, 4.69) is 10.5 Å². The number of anilines is 1. The van der Waals surface area contributed by atoms with Gasteiger partial charge < -0.3 is 14.9 Å². The van der Waals surface area contributed by atoms with Crippen molar-refractivity contribution in [3.63, 3.8) is 0 Å². The molecule has 0 aliphatic carbocycles. The third kappa shape index (κ3) is 2.65. The summed E-state index contributed by atoms with van der Waals surface area (Å²) in [6, 6.07) is 7.69. The van der Waals surface area contributed by atoms with Gasteiger partial charge >= 0.3 is 0 Å². The Morgan fingerprint density at radius 2 is 1.94 bits per heavy atom. The van der Waals surface area contributed by atoms with E-state index < -0.39 is 0 Å². The summed E-state index contributed by atoms with van der Waals surface area (Å²) >= 11 is 0. The van der Waals surface area contributed by atoms with Gasteiger partial charge in [0.25, 0.3) is 0 Å². The van der Waals surface area contributed by atoms with Crippen molar-refractivity contribution in [1.82, 2.24) is 5.16 Å². The van der Waals surface area contributed by atoms with Gasteiger partial charge in [-0.15, -0.1) is 0 Å². The second-order valence-corrected chi connectivity index (χ2v) is 4.01. The van der Waals surface area contributed by atoms with E-state index >= 15 is 0 Å². The number of benzene rings is 1. The molecule has 0 fully saturated rings. The molecule has 1 aromatic heterocycles. The van der Waals surface area contributed by atoms with Crippen LogP contribution in [0.1, 0.15) is 22.6 Å². The van der Waals surface area contributed by atoms with Crippen LogP contribution < -0.4 is 5.32 Å². The molecule has 4 heteroatoms. The van der Waals surface area contributed by atoms with Gasteiger partial charge in [0.05, 0.1) is 12.3 Å². The van der Waals surface area contributed by atoms with E-state index in [0.717, 1.165) is 28.3 Å². The van der Waals surface area contributed by atoms with Gasteiger partial charge in [-0.1, -0.05) is 17.3 Å². The molecule has 0 aliphatic rings. The van der Waals surface area contributed by atoms with Crippen LogP contribution >= 0.6 is 0 Å². The van der Waals surface area contributed by atoms with Crippen molar-refractivity contribution in [2.45, 2.75) is 27.0 Å². The average molecular weight is 232 g/mol. The van der Waals surface area contributed by atoms with Crippen molar-refractivity contribution in [3.05, 3.63) is 46.8 Å². The lowest BCUT2D eigenvalue weighted by Crippen LogP contribution is -2.01. The Bertz CT molecular complexity index is 469. The third-order valence-corrected chi connectivity index (χ3v) is 2.79. The van der Waals surface area contributed by atoms with E-state index in [9.17, 15) is 0 Å². The molecule has 1 aromatic carbocycles. The van der Waals surface area contributed by atoms with Crippen molar-refractivity contribution < 1.29 is 9.63 Å². The van der Waals surface area contributed by atoms with E-state index in [1.807, 2.05) is 38.1 Å². The van der Waals surface area contributed by atoms with Gasteiger partial charge in [0.1, 0.15) is 5.76 Å². The van der Waals surface area contributed by atoms with Gasteiger partial charge in [-0.3, -0.25) is 0 Å². The summed E-state index contributed by atoms with van der Waals surface area (Å²) in [4.78, 5) is 0. The molecule has 2 rings (SSSR count). The van der Waals surface area contributed by atoms with Crippen LogP contribution in [0, 0.1) is 13.8 Å². The number of hydrogen-bond donors (Lipinski definition) is 2. The zero-order chi connectivity index (χ0) is 12.3. The summed E-state index contributed by atoms with van der Waals surface area (Å²) in [5.41, 5.74) is 3.94. The maximum atomic E-state index is 8.94. The van der Waals surface area contributed by atoms with Crippen LogP contribution in [0.15, 0.2) is 28.8 Å². The molecule has 0 unspecified atom stereocenters. The number of hydrogen-bond acceptors (Lipinski definition) is 4. The monoisotopic (exact) mass is 232 g/mol. The fourth-order valence-electron chi connectivity index (χ4n) is 1.67. The fourth-order valence-corrected chi connectivity index (χ4v) is 1.67. The normalized spacial score (nSPS) is 10.5. The van der Waals surface area contributed by atoms with E-state index in [1.54, 1.807) is 0 Å². The number of rotatable bonds is 4. The number of nitrogens with zero attached hydrogens (tertiary/aromatic N) is 1. The molecule has 0 aliphatic heterocycles. The zero-order valence-electron chi connectivity index (χ0n) is 10.0. The summed E-state index contributed by atoms with van der Waals surface area (Å²) in [5, 5.41) is 16.1. The Kier molecular flexibility index (Phi) is 3.44. The van der Waals surface area contributed by atoms with Crippen LogP contribution in [-0.2, 0) is 13.2 Å². The number of aromatic nitrogens is 1. The van der Waals surface area contributed by atoms with Crippen molar-refractivity contribution in [3.8, 4) is 0 Å². The Labute approximate surface area is 100 Å². The summed E-state index contributed by atoms with van der Waals surface area (Å²) in [7, 11) is 0. The van der Waals surface area contributed by atoms with E-state index in [1.165, 1.54) is 0 Å². The van der Waals surface area contributed by atoms with Crippen LogP contribution in [0.2, 0.25) is 0 Å². The first-order valence-corrected chi connectivity index (χ1v) is 5.56. The first-order chi connectivity index (χ1) is 8.20. The maximum Gasteiger partial charge on any atom is 0.138 e. The molecule has 4 nitrogen and oxygen atoms in total. The largest absolute Gasteiger partial charge is 0.392 e. The molecule has 2 N–H and O–H groups in total. The highest BCUT2D eigenvalue weighted by molar-refractivity contribution is 5.45. The van der Waals surface area contributed by atoms with Crippen molar-refractivity contribution in [2.24, 2.45) is 0 Å². The van der Waals surface area contributed by atoms with Gasteiger partial charge in [-0.25, -0.2) is 0 Å². The molecule has 1 heterocycles. The molecule has 90 valence electrons. The Morgan fingerprint density at radius 3 is 2.47 bits per heavy atom. The molecule has 17 heavy (non-hydrogen) atoms. The first-order valence-electron chi connectivity index (χ1n) is 5.56. The molecule has 2 aromatic rings. The van der Waals surface area contributed by atoms with Gasteiger partial charge in [0.15, 0.2) is 0 Å². The molecule has 0 saturated carbocycles. The minimum Gasteiger partial charge on any atom is -0.392 e. The quantitative estimate of drug-likeness (QED) is 0.849. The fraction of sp³-hybridized carbons (Fsp3) is 0.308. The average Bonchev–Trinajstić information content (AvgIpc) is 2.67. The molecule has 0 saturated heterocycles. The lowest BCUT2D eigenvalue weighted by atomic mass is 10.2. The minimum atomic E-state index is 0.0736. The lowest BCUT2D eigenvalue weighted by molar-refractivity contribution is 0.282. The molecule has 0 amide bonds. The Balaban J connectivity index is 2.02. The highest BCUT2D eigenvalue weighted by Crippen LogP contribution is 2.15. The Hall–Kier alpha value is -1.81. The van der Waals surface area contributed by atoms with Crippen molar-refractivity contribution >= 4 is 5.69 Å². The van der Waals surface area contributed by atoms with Crippen LogP contribution in [0.3, 0.4) is 0 Å². The predicted molar refractivity (Wildman–Crippen MR) is 65.7 cm³/mol. The van der Waals surface area contributed by atoms with Gasteiger partial charge in [0, 0.05) is 17.8 Å². The number of aryl methyl sites for hydroxylation is 2. The number of nitrogens with one attached hydrogen (secondary N) is 1. The topological polar surface area (TPSA) is 58.3 Å². The molecular weight excluding hydrogens is 216 g/mol. The van der Waals surface area contributed by atoms with Gasteiger partial charge in [0.2, 0.25) is 0 Å². The number of aliphatic hydroxyl groups is 1. The Morgan fingerprint density at radius 1 is 1.24 bits per heavy atom. The standard InChI is InChI=1S/C13H16N2O2/c1-9-13(10(2)17-15-9)7-14-12-5-3-11(8-16)4-6-12/h3-6,14,16H,7-8H2,1-2H3. The molecule has 0 bridgehead atoms. The smallest absolute Gasteiger partial charge is 0.138 e. The van der Waals surface area contributed by atoms with Crippen LogP contribution in [0.4, 0.5) is 5.69 Å². The minimum absolute atomic E-state index is 0.0736. The second-order valence-electron chi connectivity index (χ2n) is 4.01. The van der Waals surface area contributed by atoms with Crippen LogP contribution in [0.5, 0.6) is 0 Å². The second kappa shape index (κ2) is 5.01. The molecular formula is C13H16N2O2. The number of aliphatic hydroxyl groups excluding tert-OH is 1. The SMILES string of the molecule is Cc1noc(C)c1CNc1ccc(CO)cc1. The predicted octanol–water partition coefficient (Wildman–Crippen LogP) is 2.40. The summed E-state index contributed by atoms with van der Waals surface area (Å²) < 4.78 is 5.10. The van der Waals surface area contributed by atoms with E-state index in [4.69, 9.17) is 9.63 Å². The molecule has 0 spiro atoms. The summed E-state index contributed by atoms with van der Waals surface area (Å²) in [6.07, 6.45) is 0. The van der Waals surface area contributed by atoms with Crippen LogP contribution in [-0.4, -0.2) is 10.3 Å². The molecule has 0 atom stereocenters. The highest BCUT2D eigenvalue weighted by atomic mass is 16.5. The lowest BCUT2D eigenvalue weighted by Gasteiger charge is -2.06. The van der Waals surface area contributed by atoms with E-state index in [0.29, 0.717) is 6.54 Å². The van der Waals surface area contributed by atoms with Gasteiger partial charge in [-0.2, -0.15) is 0 Å². The molecule has 0 radical (unpaired) electrons. The zero-order valence-corrected chi connectivity index (χ0v) is 10.0. The van der Waals surface area contributed by atoms with Gasteiger partial charge in [-0.05, 0) is 31.5 Å².